The highest BCUT2D eigenvalue weighted by Crippen LogP contribution is 2.64. The van der Waals surface area contributed by atoms with Crippen molar-refractivity contribution < 1.29 is 57.4 Å². The Morgan fingerprint density at radius 1 is 0.943 bits per heavy atom. The summed E-state index contributed by atoms with van der Waals surface area (Å²) in [7, 11) is 4.30. The molecule has 286 valence electrons. The molecule has 2 aromatic carbocycles. The molecule has 0 radical (unpaired) electrons. The standard InChI is InChI=1S/C41H50O12/c1-23-28(51-37(45)27(47-6)19-25-15-11-9-12-16-25)21-41(46)35(52-36(44)26-17-13-10-14-18-26)33-39(5,34(43)32(49-8)31(23)38(41,3)4)29(48-7)20-30-40(33,22-50-30)53-24(2)42/h9-18,27-30,32-33,35,46H,19-22H2,1-8H3/t27-,28+,29+,30?,32-,33?,35+,39-,40+,41-/m1/s1. The summed E-state index contributed by atoms with van der Waals surface area (Å²) in [5, 5.41) is 13.6. The Labute approximate surface area is 310 Å². The highest BCUT2D eigenvalue weighted by Gasteiger charge is 2.78. The molecule has 0 aromatic heterocycles. The minimum absolute atomic E-state index is 0.121. The molecule has 12 nitrogen and oxygen atoms in total. The predicted molar refractivity (Wildman–Crippen MR) is 190 cm³/mol. The van der Waals surface area contributed by atoms with E-state index in [-0.39, 0.29) is 31.4 Å². The molecular formula is C41H50O12. The van der Waals surface area contributed by atoms with Crippen molar-refractivity contribution in [2.75, 3.05) is 27.9 Å². The number of carbonyl (C=O) groups is 4. The molecule has 3 fully saturated rings. The van der Waals surface area contributed by atoms with Gasteiger partial charge in [0.15, 0.2) is 17.5 Å². The fourth-order valence-corrected chi connectivity index (χ4v) is 9.59. The Bertz CT molecular complexity index is 1760. The summed E-state index contributed by atoms with van der Waals surface area (Å²) in [4.78, 5) is 56.4. The molecule has 10 atom stereocenters. The van der Waals surface area contributed by atoms with Gasteiger partial charge in [0.25, 0.3) is 0 Å². The second kappa shape index (κ2) is 14.4. The molecule has 6 rings (SSSR count). The quantitative estimate of drug-likeness (QED) is 0.212. The molecule has 12 heteroatoms. The van der Waals surface area contributed by atoms with Gasteiger partial charge in [-0.05, 0) is 42.7 Å². The molecule has 1 heterocycles. The number of ether oxygens (including phenoxy) is 7. The van der Waals surface area contributed by atoms with E-state index in [0.717, 1.165) is 5.56 Å². The number of fused-ring (bicyclic) bond motifs is 5. The topological polar surface area (TPSA) is 153 Å². The molecule has 2 aromatic rings. The number of esters is 3. The Morgan fingerprint density at radius 2 is 1.58 bits per heavy atom. The van der Waals surface area contributed by atoms with Crippen LogP contribution in [0.25, 0.3) is 0 Å². The molecule has 53 heavy (non-hydrogen) atoms. The van der Waals surface area contributed by atoms with Crippen LogP contribution in [0.15, 0.2) is 71.8 Å². The molecule has 0 spiro atoms. The number of ketones is 1. The first-order valence-corrected chi connectivity index (χ1v) is 18.0. The van der Waals surface area contributed by atoms with Crippen molar-refractivity contribution in [1.29, 1.82) is 0 Å². The maximum Gasteiger partial charge on any atom is 0.338 e. The van der Waals surface area contributed by atoms with E-state index in [1.807, 2.05) is 30.3 Å². The van der Waals surface area contributed by atoms with E-state index in [4.69, 9.17) is 33.2 Å². The van der Waals surface area contributed by atoms with Gasteiger partial charge in [-0.25, -0.2) is 9.59 Å². The third kappa shape index (κ3) is 6.12. The van der Waals surface area contributed by atoms with Crippen molar-refractivity contribution in [2.24, 2.45) is 16.7 Å². The smallest absolute Gasteiger partial charge is 0.338 e. The maximum atomic E-state index is 15.4. The van der Waals surface area contributed by atoms with Gasteiger partial charge in [-0.3, -0.25) is 9.59 Å². The van der Waals surface area contributed by atoms with E-state index < -0.39 is 88.3 Å². The molecule has 1 aliphatic heterocycles. The van der Waals surface area contributed by atoms with E-state index in [9.17, 15) is 19.5 Å². The van der Waals surface area contributed by atoms with Gasteiger partial charge in [-0.15, -0.1) is 0 Å². The maximum absolute atomic E-state index is 15.4. The summed E-state index contributed by atoms with van der Waals surface area (Å²) < 4.78 is 42.6. The van der Waals surface area contributed by atoms with Crippen LogP contribution in [0, 0.1) is 16.7 Å². The zero-order chi connectivity index (χ0) is 38.5. The summed E-state index contributed by atoms with van der Waals surface area (Å²) in [5.74, 6) is -3.71. The van der Waals surface area contributed by atoms with Gasteiger partial charge in [0.05, 0.1) is 29.6 Å². The average Bonchev–Trinajstić information content (AvgIpc) is 3.13. The van der Waals surface area contributed by atoms with Gasteiger partial charge in [-0.1, -0.05) is 62.4 Å². The molecule has 1 saturated heterocycles. The van der Waals surface area contributed by atoms with Crippen molar-refractivity contribution in [3.05, 3.63) is 82.9 Å². The fraction of sp³-hybridized carbons (Fsp3) is 0.561. The van der Waals surface area contributed by atoms with E-state index in [1.54, 1.807) is 58.0 Å². The van der Waals surface area contributed by atoms with Crippen LogP contribution < -0.4 is 0 Å². The molecular weight excluding hydrogens is 684 g/mol. The second-order valence-electron chi connectivity index (χ2n) is 15.4. The van der Waals surface area contributed by atoms with Crippen LogP contribution >= 0.6 is 0 Å². The highest BCUT2D eigenvalue weighted by molar-refractivity contribution is 5.94. The number of hydrogen-bond donors (Lipinski definition) is 1. The van der Waals surface area contributed by atoms with Gasteiger partial charge in [0, 0.05) is 52.9 Å². The molecule has 2 saturated carbocycles. The lowest BCUT2D eigenvalue weighted by atomic mass is 9.44. The van der Waals surface area contributed by atoms with Crippen molar-refractivity contribution >= 4 is 23.7 Å². The zero-order valence-corrected chi connectivity index (χ0v) is 31.6. The molecule has 3 aliphatic carbocycles. The number of methoxy groups -OCH3 is 3. The largest absolute Gasteiger partial charge is 0.456 e. The van der Waals surface area contributed by atoms with E-state index in [1.165, 1.54) is 28.3 Å². The Hall–Kier alpha value is -3.94. The first-order valence-electron chi connectivity index (χ1n) is 18.0. The second-order valence-corrected chi connectivity index (χ2v) is 15.4. The summed E-state index contributed by atoms with van der Waals surface area (Å²) in [5.41, 5.74) is -4.52. The fourth-order valence-electron chi connectivity index (χ4n) is 9.59. The lowest BCUT2D eigenvalue weighted by Crippen LogP contribution is -2.82. The van der Waals surface area contributed by atoms with Crippen molar-refractivity contribution in [2.45, 2.75) is 102 Å². The van der Waals surface area contributed by atoms with Crippen LogP contribution in [0.2, 0.25) is 0 Å². The number of Topliss-reactive ketones (excluding diaryl/α,β-unsaturated/α-hetero) is 1. The molecule has 2 bridgehead atoms. The number of rotatable bonds is 10. The monoisotopic (exact) mass is 734 g/mol. The third-order valence-electron chi connectivity index (χ3n) is 12.5. The van der Waals surface area contributed by atoms with Crippen molar-refractivity contribution in [3.63, 3.8) is 0 Å². The Kier molecular flexibility index (Phi) is 10.5. The highest BCUT2D eigenvalue weighted by atomic mass is 16.6. The number of hydrogen-bond acceptors (Lipinski definition) is 12. The molecule has 1 N–H and O–H groups in total. The van der Waals surface area contributed by atoms with Crippen LogP contribution in [0.4, 0.5) is 0 Å². The normalized spacial score (nSPS) is 35.0. The summed E-state index contributed by atoms with van der Waals surface area (Å²) in [6, 6.07) is 17.6. The van der Waals surface area contributed by atoms with Crippen molar-refractivity contribution in [1.82, 2.24) is 0 Å². The zero-order valence-electron chi connectivity index (χ0n) is 31.6. The van der Waals surface area contributed by atoms with E-state index >= 15 is 4.79 Å². The molecule has 0 amide bonds. The first kappa shape index (κ1) is 38.8. The van der Waals surface area contributed by atoms with Gasteiger partial charge < -0.3 is 38.3 Å². The number of benzene rings is 2. The van der Waals surface area contributed by atoms with Crippen LogP contribution in [0.3, 0.4) is 0 Å². The van der Waals surface area contributed by atoms with Gasteiger partial charge in [-0.2, -0.15) is 0 Å². The minimum atomic E-state index is -2.06. The average molecular weight is 735 g/mol. The van der Waals surface area contributed by atoms with Crippen LogP contribution in [-0.4, -0.2) is 105 Å². The van der Waals surface area contributed by atoms with E-state index in [2.05, 4.69) is 0 Å². The van der Waals surface area contributed by atoms with Crippen molar-refractivity contribution in [3.8, 4) is 0 Å². The van der Waals surface area contributed by atoms with E-state index in [0.29, 0.717) is 11.1 Å². The summed E-state index contributed by atoms with van der Waals surface area (Å²) >= 11 is 0. The molecule has 4 aliphatic rings. The lowest BCUT2D eigenvalue weighted by Gasteiger charge is -2.67. The van der Waals surface area contributed by atoms with Gasteiger partial charge in [0.2, 0.25) is 0 Å². The van der Waals surface area contributed by atoms with Gasteiger partial charge in [0.1, 0.15) is 30.0 Å². The number of carbonyl (C=O) groups excluding carboxylic acids is 4. The van der Waals surface area contributed by atoms with Crippen LogP contribution in [-0.2, 0) is 54.0 Å². The Balaban J connectivity index is 1.56. The van der Waals surface area contributed by atoms with Crippen LogP contribution in [0.1, 0.15) is 63.4 Å². The first-order chi connectivity index (χ1) is 25.1. The lowest BCUT2D eigenvalue weighted by molar-refractivity contribution is -0.347. The summed E-state index contributed by atoms with van der Waals surface area (Å²) in [6.07, 6.45) is -6.29. The summed E-state index contributed by atoms with van der Waals surface area (Å²) in [6.45, 7) is 8.10. The molecule has 2 unspecified atom stereocenters. The third-order valence-corrected chi connectivity index (χ3v) is 12.5. The minimum Gasteiger partial charge on any atom is -0.456 e. The Morgan fingerprint density at radius 3 is 2.13 bits per heavy atom. The van der Waals surface area contributed by atoms with Gasteiger partial charge >= 0.3 is 17.9 Å². The number of aliphatic hydroxyl groups is 1. The van der Waals surface area contributed by atoms with Crippen LogP contribution in [0.5, 0.6) is 0 Å². The SMILES string of the molecule is CO[C@H]1C(=O)[C@@]2(C)C([C@H](OC(=O)c3ccccc3)[C@]3(O)C[C@H](OC(=O)[C@@H](Cc4ccccc4)OC)C(C)=C1C3(C)C)[C@]1(OC(C)=O)COC1C[C@@H]2OC. The predicted octanol–water partition coefficient (Wildman–Crippen LogP) is 4.20.